The minimum Gasteiger partial charge on any atom is -0.490 e. The number of ether oxygens (including phenoxy) is 1. The molecule has 0 amide bonds. The summed E-state index contributed by atoms with van der Waals surface area (Å²) in [5.74, 6) is -0.709. The van der Waals surface area contributed by atoms with Crippen molar-refractivity contribution in [1.29, 1.82) is 0 Å². The summed E-state index contributed by atoms with van der Waals surface area (Å²) in [6, 6.07) is 9.20. The van der Waals surface area contributed by atoms with E-state index < -0.39 is 16.4 Å². The number of anilines is 2. The van der Waals surface area contributed by atoms with Crippen molar-refractivity contribution in [3.8, 4) is 5.75 Å². The molecule has 0 unspecified atom stereocenters. The molecular formula is C14H14FN3O3. The second kappa shape index (κ2) is 6.08. The van der Waals surface area contributed by atoms with Crippen LogP contribution in [0.4, 0.5) is 21.5 Å². The highest BCUT2D eigenvalue weighted by Gasteiger charge is 2.19. The molecule has 0 heterocycles. The number of hydrogen-bond acceptors (Lipinski definition) is 5. The zero-order valence-corrected chi connectivity index (χ0v) is 11.3. The first kappa shape index (κ1) is 14.6. The fraction of sp³-hybridized carbons (Fsp3) is 0.143. The van der Waals surface area contributed by atoms with Crippen LogP contribution >= 0.6 is 0 Å². The third-order valence-electron chi connectivity index (χ3n) is 2.93. The Morgan fingerprint density at radius 2 is 2.00 bits per heavy atom. The summed E-state index contributed by atoms with van der Waals surface area (Å²) >= 11 is 0. The van der Waals surface area contributed by atoms with Crippen LogP contribution < -0.4 is 15.8 Å². The third kappa shape index (κ3) is 3.38. The molecule has 0 aromatic heterocycles. The van der Waals surface area contributed by atoms with E-state index in [1.807, 2.05) is 12.1 Å². The second-order valence-electron chi connectivity index (χ2n) is 4.36. The van der Waals surface area contributed by atoms with Crippen molar-refractivity contribution in [2.45, 2.75) is 6.54 Å². The number of nitrogens with zero attached hydrogens (tertiary/aromatic N) is 1. The number of nitrogens with one attached hydrogen (secondary N) is 1. The second-order valence-corrected chi connectivity index (χ2v) is 4.36. The molecule has 0 fully saturated rings. The fourth-order valence-electron chi connectivity index (χ4n) is 1.82. The van der Waals surface area contributed by atoms with Gasteiger partial charge in [-0.25, -0.2) is 4.39 Å². The van der Waals surface area contributed by atoms with Crippen molar-refractivity contribution in [3.63, 3.8) is 0 Å². The number of nitro groups is 1. The van der Waals surface area contributed by atoms with Crippen molar-refractivity contribution < 1.29 is 14.1 Å². The molecule has 2 aromatic rings. The van der Waals surface area contributed by atoms with E-state index in [0.717, 1.165) is 11.6 Å². The van der Waals surface area contributed by atoms with Crippen LogP contribution in [0.1, 0.15) is 5.56 Å². The Morgan fingerprint density at radius 1 is 1.33 bits per heavy atom. The van der Waals surface area contributed by atoms with E-state index in [9.17, 15) is 14.5 Å². The Morgan fingerprint density at radius 3 is 2.57 bits per heavy atom. The highest BCUT2D eigenvalue weighted by atomic mass is 19.1. The van der Waals surface area contributed by atoms with Crippen molar-refractivity contribution in [3.05, 3.63) is 57.9 Å². The maximum atomic E-state index is 13.9. The molecule has 3 N–H and O–H groups in total. The lowest BCUT2D eigenvalue weighted by molar-refractivity contribution is -0.385. The molecule has 0 aliphatic heterocycles. The molecule has 110 valence electrons. The number of nitro benzene ring substituents is 1. The number of rotatable bonds is 5. The Hall–Kier alpha value is -2.83. The Labute approximate surface area is 120 Å². The van der Waals surface area contributed by atoms with Crippen LogP contribution in [0.25, 0.3) is 0 Å². The standard InChI is InChI=1S/C14H14FN3O3/c1-21-14-7-12(11(15)6-13(14)18(19)20)17-8-9-2-4-10(16)5-3-9/h2-7,17H,8,16H2,1H3. The molecule has 2 rings (SSSR count). The van der Waals surface area contributed by atoms with E-state index in [2.05, 4.69) is 5.32 Å². The Bertz CT molecular complexity index is 659. The van der Waals surface area contributed by atoms with Gasteiger partial charge in [0, 0.05) is 18.3 Å². The first-order chi connectivity index (χ1) is 10.0. The summed E-state index contributed by atoms with van der Waals surface area (Å²) < 4.78 is 18.8. The molecular weight excluding hydrogens is 277 g/mol. The highest BCUT2D eigenvalue weighted by molar-refractivity contribution is 5.59. The van der Waals surface area contributed by atoms with Crippen molar-refractivity contribution >= 4 is 17.1 Å². The van der Waals surface area contributed by atoms with E-state index in [1.165, 1.54) is 13.2 Å². The highest BCUT2D eigenvalue weighted by Crippen LogP contribution is 2.32. The third-order valence-corrected chi connectivity index (χ3v) is 2.93. The van der Waals surface area contributed by atoms with Gasteiger partial charge in [0.2, 0.25) is 0 Å². The molecule has 0 aliphatic rings. The Kier molecular flexibility index (Phi) is 4.22. The van der Waals surface area contributed by atoms with Gasteiger partial charge in [-0.15, -0.1) is 0 Å². The summed E-state index contributed by atoms with van der Waals surface area (Å²) in [5, 5.41) is 13.7. The fourth-order valence-corrected chi connectivity index (χ4v) is 1.82. The van der Waals surface area contributed by atoms with E-state index >= 15 is 0 Å². The van der Waals surface area contributed by atoms with Crippen LogP contribution in [0.3, 0.4) is 0 Å². The lowest BCUT2D eigenvalue weighted by Gasteiger charge is -2.10. The first-order valence-electron chi connectivity index (χ1n) is 6.11. The summed E-state index contributed by atoms with van der Waals surface area (Å²) in [7, 11) is 1.30. The lowest BCUT2D eigenvalue weighted by Crippen LogP contribution is -2.03. The molecule has 0 saturated carbocycles. The van der Waals surface area contributed by atoms with Crippen molar-refractivity contribution in [1.82, 2.24) is 0 Å². The SMILES string of the molecule is COc1cc(NCc2ccc(N)cc2)c(F)cc1[N+](=O)[O-]. The number of benzene rings is 2. The predicted molar refractivity (Wildman–Crippen MR) is 77.8 cm³/mol. The molecule has 0 aliphatic carbocycles. The number of hydrogen-bond donors (Lipinski definition) is 2. The lowest BCUT2D eigenvalue weighted by atomic mass is 10.2. The van der Waals surface area contributed by atoms with Gasteiger partial charge in [-0.05, 0) is 17.7 Å². The molecule has 7 heteroatoms. The topological polar surface area (TPSA) is 90.4 Å². The Balaban J connectivity index is 2.20. The zero-order chi connectivity index (χ0) is 15.4. The molecule has 0 saturated heterocycles. The molecule has 6 nitrogen and oxygen atoms in total. The summed E-state index contributed by atoms with van der Waals surface area (Å²) in [5.41, 5.74) is 6.85. The first-order valence-corrected chi connectivity index (χ1v) is 6.11. The van der Waals surface area contributed by atoms with Gasteiger partial charge in [0.1, 0.15) is 0 Å². The van der Waals surface area contributed by atoms with Crippen LogP contribution in [0.2, 0.25) is 0 Å². The minimum absolute atomic E-state index is 0.00112. The van der Waals surface area contributed by atoms with Crippen LogP contribution in [-0.4, -0.2) is 12.0 Å². The van der Waals surface area contributed by atoms with Gasteiger partial charge in [0.15, 0.2) is 11.6 Å². The quantitative estimate of drug-likeness (QED) is 0.502. The maximum Gasteiger partial charge on any atom is 0.313 e. The van der Waals surface area contributed by atoms with E-state index in [0.29, 0.717) is 12.2 Å². The van der Waals surface area contributed by atoms with E-state index in [4.69, 9.17) is 10.5 Å². The van der Waals surface area contributed by atoms with Crippen molar-refractivity contribution in [2.75, 3.05) is 18.2 Å². The summed E-state index contributed by atoms with van der Waals surface area (Å²) in [6.45, 7) is 0.359. The molecule has 0 spiro atoms. The van der Waals surface area contributed by atoms with E-state index in [-0.39, 0.29) is 11.4 Å². The minimum atomic E-state index is -0.710. The maximum absolute atomic E-state index is 13.9. The van der Waals surface area contributed by atoms with Crippen LogP contribution in [0, 0.1) is 15.9 Å². The molecule has 0 bridgehead atoms. The van der Waals surface area contributed by atoms with Crippen LogP contribution in [0.5, 0.6) is 5.75 Å². The normalized spacial score (nSPS) is 10.2. The van der Waals surface area contributed by atoms with Crippen LogP contribution in [-0.2, 0) is 6.54 Å². The number of methoxy groups -OCH3 is 1. The predicted octanol–water partition coefficient (Wildman–Crippen LogP) is 2.94. The van der Waals surface area contributed by atoms with Gasteiger partial charge in [-0.2, -0.15) is 0 Å². The molecule has 21 heavy (non-hydrogen) atoms. The van der Waals surface area contributed by atoms with Gasteiger partial charge in [0.25, 0.3) is 0 Å². The number of halogens is 1. The average molecular weight is 291 g/mol. The smallest absolute Gasteiger partial charge is 0.313 e. The number of nitrogens with two attached hydrogens (primary N) is 1. The van der Waals surface area contributed by atoms with Crippen molar-refractivity contribution in [2.24, 2.45) is 0 Å². The van der Waals surface area contributed by atoms with Gasteiger partial charge in [-0.1, -0.05) is 12.1 Å². The summed E-state index contributed by atoms with van der Waals surface area (Å²) in [6.07, 6.45) is 0. The van der Waals surface area contributed by atoms with E-state index in [1.54, 1.807) is 12.1 Å². The van der Waals surface area contributed by atoms with Crippen LogP contribution in [0.15, 0.2) is 36.4 Å². The van der Waals surface area contributed by atoms with Gasteiger partial charge in [0.05, 0.1) is 23.8 Å². The summed E-state index contributed by atoms with van der Waals surface area (Å²) in [4.78, 5) is 10.1. The zero-order valence-electron chi connectivity index (χ0n) is 11.3. The monoisotopic (exact) mass is 291 g/mol. The molecule has 0 radical (unpaired) electrons. The van der Waals surface area contributed by atoms with Gasteiger partial charge in [-0.3, -0.25) is 10.1 Å². The largest absolute Gasteiger partial charge is 0.490 e. The average Bonchev–Trinajstić information content (AvgIpc) is 2.47. The number of nitrogen functional groups attached to an aromatic ring is 1. The van der Waals surface area contributed by atoms with Gasteiger partial charge < -0.3 is 15.8 Å². The van der Waals surface area contributed by atoms with Gasteiger partial charge >= 0.3 is 5.69 Å². The molecule has 2 aromatic carbocycles. The molecule has 0 atom stereocenters.